The number of anilines is 1. The van der Waals surface area contributed by atoms with Crippen molar-refractivity contribution >= 4 is 22.5 Å². The summed E-state index contributed by atoms with van der Waals surface area (Å²) in [4.78, 5) is 20.4. The number of ether oxygens (including phenoxy) is 1. The standard InChI is InChI=1S/C28H31N3O2/c1-30(2)22-13-9-20(10-14-22)19-31(3)27(32)18-17-25-24-7-5-6-8-26(24)29-28(25)21-11-15-23(33-4)16-12-21/h5-16,29H,17-19H2,1-4H3. The van der Waals surface area contributed by atoms with Crippen LogP contribution in [0.3, 0.4) is 0 Å². The summed E-state index contributed by atoms with van der Waals surface area (Å²) in [5.41, 5.74) is 6.69. The molecule has 0 unspecified atom stereocenters. The highest BCUT2D eigenvalue weighted by molar-refractivity contribution is 5.91. The van der Waals surface area contributed by atoms with Crippen LogP contribution >= 0.6 is 0 Å². The molecule has 4 aromatic rings. The summed E-state index contributed by atoms with van der Waals surface area (Å²) in [7, 11) is 7.59. The largest absolute Gasteiger partial charge is 0.497 e. The number of carbonyl (C=O) groups is 1. The van der Waals surface area contributed by atoms with E-state index in [0.29, 0.717) is 19.4 Å². The zero-order chi connectivity index (χ0) is 23.4. The summed E-state index contributed by atoms with van der Waals surface area (Å²) in [5.74, 6) is 0.962. The lowest BCUT2D eigenvalue weighted by atomic mass is 10.0. The van der Waals surface area contributed by atoms with Crippen LogP contribution in [-0.2, 0) is 17.8 Å². The maximum atomic E-state index is 13.0. The fraction of sp³-hybridized carbons (Fsp3) is 0.250. The van der Waals surface area contributed by atoms with Crippen LogP contribution in [-0.4, -0.2) is 44.0 Å². The zero-order valence-electron chi connectivity index (χ0n) is 19.8. The zero-order valence-corrected chi connectivity index (χ0v) is 19.8. The van der Waals surface area contributed by atoms with Gasteiger partial charge in [-0.15, -0.1) is 0 Å². The van der Waals surface area contributed by atoms with Gasteiger partial charge >= 0.3 is 0 Å². The molecule has 1 amide bonds. The van der Waals surface area contributed by atoms with Crippen molar-refractivity contribution < 1.29 is 9.53 Å². The molecule has 1 N–H and O–H groups in total. The molecule has 0 spiro atoms. The van der Waals surface area contributed by atoms with Gasteiger partial charge in [0.2, 0.25) is 5.91 Å². The number of hydrogen-bond donors (Lipinski definition) is 1. The predicted octanol–water partition coefficient (Wildman–Crippen LogP) is 5.50. The van der Waals surface area contributed by atoms with Crippen molar-refractivity contribution in [1.29, 1.82) is 0 Å². The first-order chi connectivity index (χ1) is 16.0. The number of nitrogens with zero attached hydrogens (tertiary/aromatic N) is 2. The van der Waals surface area contributed by atoms with Gasteiger partial charge in [-0.25, -0.2) is 0 Å². The molecule has 170 valence electrons. The molecule has 0 saturated heterocycles. The van der Waals surface area contributed by atoms with Crippen molar-refractivity contribution in [3.63, 3.8) is 0 Å². The lowest BCUT2D eigenvalue weighted by molar-refractivity contribution is -0.130. The number of carbonyl (C=O) groups excluding carboxylic acids is 1. The van der Waals surface area contributed by atoms with Gasteiger partial charge in [-0.05, 0) is 65.6 Å². The number of H-pyrrole nitrogens is 1. The molecule has 0 aliphatic carbocycles. The number of methoxy groups -OCH3 is 1. The number of hydrogen-bond acceptors (Lipinski definition) is 3. The van der Waals surface area contributed by atoms with Crippen molar-refractivity contribution in [2.24, 2.45) is 0 Å². The van der Waals surface area contributed by atoms with Crippen molar-refractivity contribution in [1.82, 2.24) is 9.88 Å². The van der Waals surface area contributed by atoms with E-state index in [2.05, 4.69) is 58.4 Å². The Morgan fingerprint density at radius 2 is 1.61 bits per heavy atom. The Bertz CT molecular complexity index is 1220. The molecule has 0 aliphatic rings. The highest BCUT2D eigenvalue weighted by atomic mass is 16.5. The van der Waals surface area contributed by atoms with Gasteiger partial charge in [0.15, 0.2) is 0 Å². The number of amides is 1. The smallest absolute Gasteiger partial charge is 0.222 e. The number of nitrogens with one attached hydrogen (secondary N) is 1. The summed E-state index contributed by atoms with van der Waals surface area (Å²) in [6, 6.07) is 24.6. The van der Waals surface area contributed by atoms with Crippen molar-refractivity contribution in [3.8, 4) is 17.0 Å². The van der Waals surface area contributed by atoms with Gasteiger partial charge in [0.1, 0.15) is 5.75 Å². The highest BCUT2D eigenvalue weighted by Crippen LogP contribution is 2.32. The van der Waals surface area contributed by atoms with E-state index < -0.39 is 0 Å². The molecular formula is C28H31N3O2. The number of aryl methyl sites for hydroxylation is 1. The summed E-state index contributed by atoms with van der Waals surface area (Å²) in [5, 5.41) is 1.16. The minimum Gasteiger partial charge on any atom is -0.497 e. The molecule has 0 atom stereocenters. The molecule has 5 heteroatoms. The Labute approximate surface area is 195 Å². The van der Waals surface area contributed by atoms with Gasteiger partial charge in [0.25, 0.3) is 0 Å². The molecule has 0 fully saturated rings. The highest BCUT2D eigenvalue weighted by Gasteiger charge is 2.16. The maximum absolute atomic E-state index is 13.0. The predicted molar refractivity (Wildman–Crippen MR) is 136 cm³/mol. The number of rotatable bonds is 8. The normalized spacial score (nSPS) is 10.9. The third-order valence-electron chi connectivity index (χ3n) is 6.08. The first-order valence-electron chi connectivity index (χ1n) is 11.2. The number of aromatic nitrogens is 1. The van der Waals surface area contributed by atoms with E-state index in [1.54, 1.807) is 7.11 Å². The Balaban J connectivity index is 1.50. The number of para-hydroxylation sites is 1. The van der Waals surface area contributed by atoms with Crippen molar-refractivity contribution in [3.05, 3.63) is 83.9 Å². The lowest BCUT2D eigenvalue weighted by Gasteiger charge is -2.19. The van der Waals surface area contributed by atoms with Gasteiger partial charge in [0.05, 0.1) is 7.11 Å². The molecule has 3 aromatic carbocycles. The first kappa shape index (κ1) is 22.5. The van der Waals surface area contributed by atoms with Crippen molar-refractivity contribution in [2.75, 3.05) is 33.2 Å². The lowest BCUT2D eigenvalue weighted by Crippen LogP contribution is -2.26. The Morgan fingerprint density at radius 1 is 0.909 bits per heavy atom. The summed E-state index contributed by atoms with van der Waals surface area (Å²) < 4.78 is 5.30. The molecule has 1 heterocycles. The van der Waals surface area contributed by atoms with E-state index in [1.165, 1.54) is 5.56 Å². The monoisotopic (exact) mass is 441 g/mol. The fourth-order valence-corrected chi connectivity index (χ4v) is 4.15. The van der Waals surface area contributed by atoms with Gasteiger partial charge in [-0.2, -0.15) is 0 Å². The Kier molecular flexibility index (Phi) is 6.68. The summed E-state index contributed by atoms with van der Waals surface area (Å²) in [6.07, 6.45) is 1.13. The van der Waals surface area contributed by atoms with Crippen LogP contribution in [0.5, 0.6) is 5.75 Å². The molecule has 1 aromatic heterocycles. The number of aromatic amines is 1. The van der Waals surface area contributed by atoms with Crippen LogP contribution in [0.25, 0.3) is 22.2 Å². The maximum Gasteiger partial charge on any atom is 0.222 e. The second-order valence-corrected chi connectivity index (χ2v) is 8.56. The quantitative estimate of drug-likeness (QED) is 0.393. The summed E-state index contributed by atoms with van der Waals surface area (Å²) in [6.45, 7) is 0.603. The Hall–Kier alpha value is -3.73. The molecule has 0 bridgehead atoms. The van der Waals surface area contributed by atoms with Crippen LogP contribution in [0.4, 0.5) is 5.69 Å². The van der Waals surface area contributed by atoms with E-state index in [0.717, 1.165) is 39.2 Å². The fourth-order valence-electron chi connectivity index (χ4n) is 4.15. The van der Waals surface area contributed by atoms with E-state index >= 15 is 0 Å². The van der Waals surface area contributed by atoms with E-state index in [9.17, 15) is 4.79 Å². The second kappa shape index (κ2) is 9.82. The molecule has 0 saturated carbocycles. The van der Waals surface area contributed by atoms with Crippen LogP contribution in [0.2, 0.25) is 0 Å². The average Bonchev–Trinajstić information content (AvgIpc) is 3.21. The van der Waals surface area contributed by atoms with Crippen LogP contribution in [0, 0.1) is 0 Å². The molecule has 33 heavy (non-hydrogen) atoms. The SMILES string of the molecule is COc1ccc(-c2[nH]c3ccccc3c2CCC(=O)N(C)Cc2ccc(N(C)C)cc2)cc1. The molecule has 5 nitrogen and oxygen atoms in total. The van der Waals surface area contributed by atoms with Gasteiger partial charge in [-0.1, -0.05) is 30.3 Å². The third kappa shape index (κ3) is 5.03. The van der Waals surface area contributed by atoms with Gasteiger partial charge in [0, 0.05) is 56.4 Å². The van der Waals surface area contributed by atoms with E-state index in [4.69, 9.17) is 4.74 Å². The second-order valence-electron chi connectivity index (χ2n) is 8.56. The topological polar surface area (TPSA) is 48.6 Å². The minimum absolute atomic E-state index is 0.137. The van der Waals surface area contributed by atoms with Crippen LogP contribution < -0.4 is 9.64 Å². The minimum atomic E-state index is 0.137. The van der Waals surface area contributed by atoms with E-state index in [1.807, 2.05) is 50.3 Å². The van der Waals surface area contributed by atoms with Crippen LogP contribution in [0.15, 0.2) is 72.8 Å². The Morgan fingerprint density at radius 3 is 2.27 bits per heavy atom. The van der Waals surface area contributed by atoms with Gasteiger partial charge in [-0.3, -0.25) is 4.79 Å². The number of benzene rings is 3. The van der Waals surface area contributed by atoms with Crippen LogP contribution in [0.1, 0.15) is 17.5 Å². The molecule has 0 radical (unpaired) electrons. The molecule has 4 rings (SSSR count). The van der Waals surface area contributed by atoms with Crippen molar-refractivity contribution in [2.45, 2.75) is 19.4 Å². The average molecular weight is 442 g/mol. The molecular weight excluding hydrogens is 410 g/mol. The molecule has 0 aliphatic heterocycles. The third-order valence-corrected chi connectivity index (χ3v) is 6.08. The summed E-state index contributed by atoms with van der Waals surface area (Å²) >= 11 is 0. The number of fused-ring (bicyclic) bond motifs is 1. The van der Waals surface area contributed by atoms with Gasteiger partial charge < -0.3 is 19.5 Å². The first-order valence-corrected chi connectivity index (χ1v) is 11.2. The van der Waals surface area contributed by atoms with E-state index in [-0.39, 0.29) is 5.91 Å².